The Morgan fingerprint density at radius 3 is 2.53 bits per heavy atom. The van der Waals surface area contributed by atoms with Crippen molar-refractivity contribution in [2.45, 2.75) is 51.0 Å². The van der Waals surface area contributed by atoms with Crippen LogP contribution in [-0.2, 0) is 6.42 Å². The molecule has 0 aliphatic heterocycles. The molecule has 1 fully saturated rings. The molecule has 0 saturated heterocycles. The summed E-state index contributed by atoms with van der Waals surface area (Å²) in [5.41, 5.74) is 7.52. The van der Waals surface area contributed by atoms with Crippen molar-refractivity contribution < 1.29 is 0 Å². The molecule has 0 spiro atoms. The molecule has 2 rings (SSSR count). The van der Waals surface area contributed by atoms with Gasteiger partial charge in [0.15, 0.2) is 0 Å². The topological polar surface area (TPSA) is 38.0 Å². The molecule has 106 valence electrons. The summed E-state index contributed by atoms with van der Waals surface area (Å²) in [4.78, 5) is 0. The zero-order chi connectivity index (χ0) is 13.6. The van der Waals surface area contributed by atoms with Gasteiger partial charge in [0.2, 0.25) is 0 Å². The van der Waals surface area contributed by atoms with Gasteiger partial charge in [-0.3, -0.25) is 0 Å². The largest absolute Gasteiger partial charge is 0.329 e. The third-order valence-corrected chi connectivity index (χ3v) is 4.73. The molecule has 0 amide bonds. The Hall–Kier alpha value is -0.860. The molecule has 1 aromatic rings. The van der Waals surface area contributed by atoms with Crippen LogP contribution in [0.5, 0.6) is 0 Å². The molecule has 1 aliphatic carbocycles. The van der Waals surface area contributed by atoms with Crippen LogP contribution in [0.15, 0.2) is 30.3 Å². The molecule has 1 aromatic carbocycles. The van der Waals surface area contributed by atoms with Gasteiger partial charge in [-0.05, 0) is 37.3 Å². The van der Waals surface area contributed by atoms with Crippen LogP contribution in [0.25, 0.3) is 0 Å². The maximum absolute atomic E-state index is 6.07. The van der Waals surface area contributed by atoms with E-state index in [2.05, 4.69) is 42.6 Å². The van der Waals surface area contributed by atoms with Gasteiger partial charge in [0.05, 0.1) is 0 Å². The summed E-state index contributed by atoms with van der Waals surface area (Å²) >= 11 is 0. The lowest BCUT2D eigenvalue weighted by molar-refractivity contribution is 0.258. The first-order chi connectivity index (χ1) is 9.28. The monoisotopic (exact) mass is 260 g/mol. The first kappa shape index (κ1) is 14.5. The van der Waals surface area contributed by atoms with Gasteiger partial charge in [-0.1, -0.05) is 56.5 Å². The van der Waals surface area contributed by atoms with Crippen LogP contribution in [0.1, 0.15) is 44.6 Å². The Labute approximate surface area is 117 Å². The molecular formula is C17H28N2. The van der Waals surface area contributed by atoms with Crippen molar-refractivity contribution in [2.75, 3.05) is 13.1 Å². The second-order valence-corrected chi connectivity index (χ2v) is 6.01. The first-order valence-corrected chi connectivity index (χ1v) is 7.77. The average molecular weight is 260 g/mol. The van der Waals surface area contributed by atoms with Gasteiger partial charge < -0.3 is 11.1 Å². The molecular weight excluding hydrogens is 232 g/mol. The van der Waals surface area contributed by atoms with E-state index in [1.807, 2.05) is 0 Å². The lowest BCUT2D eigenvalue weighted by Gasteiger charge is -2.35. The lowest BCUT2D eigenvalue weighted by atomic mass is 9.82. The quantitative estimate of drug-likeness (QED) is 0.753. The third kappa shape index (κ3) is 4.05. The Morgan fingerprint density at radius 2 is 2.00 bits per heavy atom. The Kier molecular flexibility index (Phi) is 5.41. The van der Waals surface area contributed by atoms with Gasteiger partial charge in [-0.15, -0.1) is 0 Å². The summed E-state index contributed by atoms with van der Waals surface area (Å²) in [5, 5.41) is 3.76. The van der Waals surface area contributed by atoms with Gasteiger partial charge in [0.25, 0.3) is 0 Å². The number of rotatable bonds is 8. The second-order valence-electron chi connectivity index (χ2n) is 6.01. The van der Waals surface area contributed by atoms with E-state index in [1.54, 1.807) is 0 Å². The lowest BCUT2D eigenvalue weighted by Crippen LogP contribution is -2.53. The average Bonchev–Trinajstić information content (AvgIpc) is 2.41. The molecule has 19 heavy (non-hydrogen) atoms. The highest BCUT2D eigenvalue weighted by atomic mass is 15.0. The number of nitrogens with one attached hydrogen (secondary N) is 1. The SMILES string of the molecule is CCC(CN)(Cc1ccccc1)NCCC1CCC1. The predicted molar refractivity (Wildman–Crippen MR) is 82.2 cm³/mol. The van der Waals surface area contributed by atoms with Gasteiger partial charge in [-0.25, -0.2) is 0 Å². The summed E-state index contributed by atoms with van der Waals surface area (Å²) in [6.45, 7) is 4.07. The van der Waals surface area contributed by atoms with E-state index in [0.29, 0.717) is 6.54 Å². The zero-order valence-electron chi connectivity index (χ0n) is 12.2. The van der Waals surface area contributed by atoms with Crippen molar-refractivity contribution in [3.63, 3.8) is 0 Å². The van der Waals surface area contributed by atoms with Crippen molar-refractivity contribution in [3.05, 3.63) is 35.9 Å². The van der Waals surface area contributed by atoms with Gasteiger partial charge in [0.1, 0.15) is 0 Å². The van der Waals surface area contributed by atoms with Crippen molar-refractivity contribution in [1.82, 2.24) is 5.32 Å². The van der Waals surface area contributed by atoms with Crippen molar-refractivity contribution >= 4 is 0 Å². The summed E-state index contributed by atoms with van der Waals surface area (Å²) in [6, 6.07) is 10.7. The highest BCUT2D eigenvalue weighted by Crippen LogP contribution is 2.29. The second kappa shape index (κ2) is 7.06. The highest BCUT2D eigenvalue weighted by Gasteiger charge is 2.27. The van der Waals surface area contributed by atoms with Crippen LogP contribution in [0.4, 0.5) is 0 Å². The minimum Gasteiger partial charge on any atom is -0.329 e. The van der Waals surface area contributed by atoms with E-state index in [4.69, 9.17) is 5.73 Å². The van der Waals surface area contributed by atoms with E-state index in [9.17, 15) is 0 Å². The summed E-state index contributed by atoms with van der Waals surface area (Å²) in [7, 11) is 0. The number of hydrogen-bond acceptors (Lipinski definition) is 2. The molecule has 0 radical (unpaired) electrons. The van der Waals surface area contributed by atoms with Crippen molar-refractivity contribution in [3.8, 4) is 0 Å². The number of hydrogen-bond donors (Lipinski definition) is 2. The summed E-state index contributed by atoms with van der Waals surface area (Å²) < 4.78 is 0. The molecule has 0 bridgehead atoms. The van der Waals surface area contributed by atoms with Gasteiger partial charge >= 0.3 is 0 Å². The third-order valence-electron chi connectivity index (χ3n) is 4.73. The fraction of sp³-hybridized carbons (Fsp3) is 0.647. The van der Waals surface area contributed by atoms with Gasteiger partial charge in [0, 0.05) is 12.1 Å². The predicted octanol–water partition coefficient (Wildman–Crippen LogP) is 3.12. The van der Waals surface area contributed by atoms with E-state index >= 15 is 0 Å². The molecule has 2 heteroatoms. The summed E-state index contributed by atoms with van der Waals surface area (Å²) in [6.07, 6.45) is 7.74. The van der Waals surface area contributed by atoms with Crippen LogP contribution in [0.3, 0.4) is 0 Å². The fourth-order valence-electron chi connectivity index (χ4n) is 2.91. The van der Waals surface area contributed by atoms with Crippen LogP contribution in [0.2, 0.25) is 0 Å². The van der Waals surface area contributed by atoms with Crippen molar-refractivity contribution in [2.24, 2.45) is 11.7 Å². The first-order valence-electron chi connectivity index (χ1n) is 7.77. The smallest absolute Gasteiger partial charge is 0.0341 e. The normalized spacial score (nSPS) is 18.8. The fourth-order valence-corrected chi connectivity index (χ4v) is 2.91. The van der Waals surface area contributed by atoms with Crippen LogP contribution in [-0.4, -0.2) is 18.6 Å². The Balaban J connectivity index is 1.88. The molecule has 1 saturated carbocycles. The summed E-state index contributed by atoms with van der Waals surface area (Å²) in [5.74, 6) is 0.969. The standard InChI is InChI=1S/C17H28N2/c1-2-17(14-18,13-16-7-4-3-5-8-16)19-12-11-15-9-6-10-15/h3-5,7-8,15,19H,2,6,9-14,18H2,1H3. The Bertz CT molecular complexity index is 353. The van der Waals surface area contributed by atoms with Crippen LogP contribution >= 0.6 is 0 Å². The molecule has 3 N–H and O–H groups in total. The molecule has 1 unspecified atom stereocenters. The van der Waals surface area contributed by atoms with E-state index in [1.165, 1.54) is 31.2 Å². The molecule has 1 aliphatic rings. The molecule has 0 aromatic heterocycles. The number of nitrogens with two attached hydrogens (primary N) is 1. The maximum Gasteiger partial charge on any atom is 0.0341 e. The Morgan fingerprint density at radius 1 is 1.26 bits per heavy atom. The van der Waals surface area contributed by atoms with Gasteiger partial charge in [-0.2, -0.15) is 0 Å². The van der Waals surface area contributed by atoms with E-state index in [0.717, 1.165) is 25.3 Å². The minimum atomic E-state index is 0.0745. The molecule has 0 heterocycles. The molecule has 1 atom stereocenters. The minimum absolute atomic E-state index is 0.0745. The van der Waals surface area contributed by atoms with Crippen LogP contribution in [0, 0.1) is 5.92 Å². The molecule has 2 nitrogen and oxygen atoms in total. The zero-order valence-corrected chi connectivity index (χ0v) is 12.2. The highest BCUT2D eigenvalue weighted by molar-refractivity contribution is 5.18. The maximum atomic E-state index is 6.07. The van der Waals surface area contributed by atoms with E-state index in [-0.39, 0.29) is 5.54 Å². The van der Waals surface area contributed by atoms with Crippen LogP contribution < -0.4 is 11.1 Å². The van der Waals surface area contributed by atoms with E-state index < -0.39 is 0 Å². The van der Waals surface area contributed by atoms with Crippen molar-refractivity contribution in [1.29, 1.82) is 0 Å². The number of benzene rings is 1.